The summed E-state index contributed by atoms with van der Waals surface area (Å²) in [5, 5.41) is 0. The summed E-state index contributed by atoms with van der Waals surface area (Å²) in [4.78, 5) is 16.2. The fraction of sp³-hybridized carbons (Fsp3) is 0.917. The molecule has 1 aliphatic heterocycles. The van der Waals surface area contributed by atoms with Crippen LogP contribution in [0.4, 0.5) is 0 Å². The number of hydrogen-bond acceptors (Lipinski definition) is 2. The zero-order valence-electron chi connectivity index (χ0n) is 10.4. The van der Waals surface area contributed by atoms with Gasteiger partial charge in [-0.1, -0.05) is 13.8 Å². The van der Waals surface area contributed by atoms with Gasteiger partial charge in [0.1, 0.15) is 0 Å². The van der Waals surface area contributed by atoms with E-state index in [-0.39, 0.29) is 5.91 Å². The van der Waals surface area contributed by atoms with Gasteiger partial charge in [0, 0.05) is 45.0 Å². The molecule has 0 atom stereocenters. The predicted molar refractivity (Wildman–Crippen MR) is 67.8 cm³/mol. The molecular formula is C12H23ClN2O. The zero-order valence-corrected chi connectivity index (χ0v) is 11.2. The first kappa shape index (κ1) is 13.8. The molecule has 0 N–H and O–H groups in total. The van der Waals surface area contributed by atoms with Crippen molar-refractivity contribution in [1.82, 2.24) is 9.80 Å². The van der Waals surface area contributed by atoms with E-state index >= 15 is 0 Å². The Hall–Kier alpha value is -0.280. The fourth-order valence-corrected chi connectivity index (χ4v) is 2.21. The zero-order chi connectivity index (χ0) is 12.0. The van der Waals surface area contributed by atoms with E-state index in [1.54, 1.807) is 0 Å². The average Bonchev–Trinajstić information content (AvgIpc) is 2.26. The van der Waals surface area contributed by atoms with E-state index in [9.17, 15) is 4.79 Å². The van der Waals surface area contributed by atoms with E-state index in [1.807, 2.05) is 4.90 Å². The summed E-state index contributed by atoms with van der Waals surface area (Å²) in [6, 6.07) is 0. The van der Waals surface area contributed by atoms with Gasteiger partial charge in [0.25, 0.3) is 0 Å². The van der Waals surface area contributed by atoms with E-state index in [0.29, 0.717) is 18.2 Å². The van der Waals surface area contributed by atoms with Gasteiger partial charge < -0.3 is 4.90 Å². The van der Waals surface area contributed by atoms with Gasteiger partial charge in [-0.25, -0.2) is 0 Å². The third kappa shape index (κ3) is 4.71. The van der Waals surface area contributed by atoms with Gasteiger partial charge in [0.15, 0.2) is 0 Å². The molecule has 16 heavy (non-hydrogen) atoms. The minimum atomic E-state index is 0.268. The molecule has 0 unspecified atom stereocenters. The Morgan fingerprint density at radius 2 is 1.88 bits per heavy atom. The number of hydrogen-bond donors (Lipinski definition) is 0. The second kappa shape index (κ2) is 7.13. The summed E-state index contributed by atoms with van der Waals surface area (Å²) < 4.78 is 0. The van der Waals surface area contributed by atoms with E-state index in [2.05, 4.69) is 18.7 Å². The minimum Gasteiger partial charge on any atom is -0.340 e. The van der Waals surface area contributed by atoms with Crippen molar-refractivity contribution in [2.75, 3.05) is 38.6 Å². The Balaban J connectivity index is 2.23. The van der Waals surface area contributed by atoms with Crippen molar-refractivity contribution in [3.63, 3.8) is 0 Å². The Morgan fingerprint density at radius 3 is 2.38 bits per heavy atom. The van der Waals surface area contributed by atoms with E-state index < -0.39 is 0 Å². The van der Waals surface area contributed by atoms with Crippen LogP contribution >= 0.6 is 11.6 Å². The summed E-state index contributed by atoms with van der Waals surface area (Å²) in [5.74, 6) is 1.56. The Morgan fingerprint density at radius 1 is 1.25 bits per heavy atom. The quantitative estimate of drug-likeness (QED) is 0.691. The van der Waals surface area contributed by atoms with Gasteiger partial charge in [-0.3, -0.25) is 9.69 Å². The fourth-order valence-electron chi connectivity index (χ4n) is 2.07. The maximum absolute atomic E-state index is 11.7. The third-order valence-corrected chi connectivity index (χ3v) is 3.14. The number of nitrogens with zero attached hydrogens (tertiary/aromatic N) is 2. The van der Waals surface area contributed by atoms with Crippen molar-refractivity contribution >= 4 is 17.5 Å². The molecule has 0 aromatic heterocycles. The first-order valence-electron chi connectivity index (χ1n) is 6.19. The van der Waals surface area contributed by atoms with E-state index in [1.165, 1.54) is 0 Å². The van der Waals surface area contributed by atoms with Gasteiger partial charge in [0.05, 0.1) is 0 Å². The molecule has 0 aromatic carbocycles. The molecule has 0 saturated carbocycles. The minimum absolute atomic E-state index is 0.268. The Bertz CT molecular complexity index is 213. The van der Waals surface area contributed by atoms with Gasteiger partial charge in [-0.05, 0) is 12.3 Å². The second-order valence-corrected chi connectivity index (χ2v) is 5.25. The van der Waals surface area contributed by atoms with Crippen molar-refractivity contribution in [3.8, 4) is 0 Å². The smallest absolute Gasteiger partial charge is 0.222 e. The summed E-state index contributed by atoms with van der Waals surface area (Å²) in [6.45, 7) is 9.41. The first-order valence-corrected chi connectivity index (χ1v) is 6.73. The van der Waals surface area contributed by atoms with Crippen LogP contribution in [0.3, 0.4) is 0 Å². The Labute approximate surface area is 104 Å². The van der Waals surface area contributed by atoms with Crippen LogP contribution in [0.15, 0.2) is 0 Å². The van der Waals surface area contributed by atoms with Crippen molar-refractivity contribution in [2.45, 2.75) is 26.7 Å². The van der Waals surface area contributed by atoms with E-state index in [0.717, 1.165) is 39.1 Å². The second-order valence-electron chi connectivity index (χ2n) is 4.87. The van der Waals surface area contributed by atoms with Crippen LogP contribution in [-0.2, 0) is 4.79 Å². The lowest BCUT2D eigenvalue weighted by molar-refractivity contribution is -0.133. The third-order valence-electron chi connectivity index (χ3n) is 2.87. The van der Waals surface area contributed by atoms with Gasteiger partial charge >= 0.3 is 0 Å². The highest BCUT2D eigenvalue weighted by atomic mass is 35.5. The van der Waals surface area contributed by atoms with Crippen molar-refractivity contribution in [2.24, 2.45) is 5.92 Å². The molecule has 1 amide bonds. The number of amides is 1. The average molecular weight is 247 g/mol. The molecule has 4 heteroatoms. The predicted octanol–water partition coefficient (Wildman–Crippen LogP) is 1.81. The highest BCUT2D eigenvalue weighted by molar-refractivity contribution is 6.17. The topological polar surface area (TPSA) is 23.6 Å². The molecule has 1 aliphatic rings. The first-order chi connectivity index (χ1) is 7.63. The molecule has 0 aromatic rings. The molecule has 1 rings (SSSR count). The van der Waals surface area contributed by atoms with Crippen LogP contribution in [0.2, 0.25) is 0 Å². The number of piperazine rings is 1. The van der Waals surface area contributed by atoms with Crippen LogP contribution in [0.5, 0.6) is 0 Å². The number of carbonyl (C=O) groups is 1. The Kier molecular flexibility index (Phi) is 6.14. The van der Waals surface area contributed by atoms with Crippen LogP contribution in [0.25, 0.3) is 0 Å². The molecule has 1 saturated heterocycles. The van der Waals surface area contributed by atoms with Crippen LogP contribution in [0, 0.1) is 5.92 Å². The summed E-state index contributed by atoms with van der Waals surface area (Å²) in [5.41, 5.74) is 0. The molecule has 0 radical (unpaired) electrons. The lowest BCUT2D eigenvalue weighted by Gasteiger charge is -2.35. The van der Waals surface area contributed by atoms with Crippen LogP contribution < -0.4 is 0 Å². The number of alkyl halides is 1. The van der Waals surface area contributed by atoms with Crippen LogP contribution in [0.1, 0.15) is 26.7 Å². The summed E-state index contributed by atoms with van der Waals surface area (Å²) in [7, 11) is 0. The molecule has 1 fully saturated rings. The standard InChI is InChI=1S/C12H23ClN2O/c1-11(2)10-14-6-8-15(9-7-14)12(16)4-3-5-13/h11H,3-10H2,1-2H3. The summed E-state index contributed by atoms with van der Waals surface area (Å²) in [6.07, 6.45) is 1.40. The normalized spacial score (nSPS) is 18.1. The van der Waals surface area contributed by atoms with Gasteiger partial charge in [-0.2, -0.15) is 0 Å². The molecule has 1 heterocycles. The molecule has 0 bridgehead atoms. The molecule has 94 valence electrons. The lowest BCUT2D eigenvalue weighted by atomic mass is 10.2. The van der Waals surface area contributed by atoms with Gasteiger partial charge in [0.2, 0.25) is 5.91 Å². The molecule has 3 nitrogen and oxygen atoms in total. The SMILES string of the molecule is CC(C)CN1CCN(C(=O)CCCCl)CC1. The summed E-state index contributed by atoms with van der Waals surface area (Å²) >= 11 is 5.59. The highest BCUT2D eigenvalue weighted by Crippen LogP contribution is 2.07. The van der Waals surface area contributed by atoms with Crippen molar-refractivity contribution < 1.29 is 4.79 Å². The monoisotopic (exact) mass is 246 g/mol. The number of rotatable bonds is 5. The maximum Gasteiger partial charge on any atom is 0.222 e. The lowest BCUT2D eigenvalue weighted by Crippen LogP contribution is -2.49. The largest absolute Gasteiger partial charge is 0.340 e. The highest BCUT2D eigenvalue weighted by Gasteiger charge is 2.20. The van der Waals surface area contributed by atoms with Crippen molar-refractivity contribution in [3.05, 3.63) is 0 Å². The molecule has 0 aliphatic carbocycles. The van der Waals surface area contributed by atoms with Crippen LogP contribution in [-0.4, -0.2) is 54.3 Å². The number of carbonyl (C=O) groups excluding carboxylic acids is 1. The van der Waals surface area contributed by atoms with Gasteiger partial charge in [-0.15, -0.1) is 11.6 Å². The van der Waals surface area contributed by atoms with Crippen molar-refractivity contribution in [1.29, 1.82) is 0 Å². The molecular weight excluding hydrogens is 224 g/mol. The maximum atomic E-state index is 11.7. The number of halogens is 1. The molecule has 0 spiro atoms. The van der Waals surface area contributed by atoms with E-state index in [4.69, 9.17) is 11.6 Å².